The van der Waals surface area contributed by atoms with Gasteiger partial charge in [-0.25, -0.2) is 0 Å². The Morgan fingerprint density at radius 3 is 1.64 bits per heavy atom. The van der Waals surface area contributed by atoms with Gasteiger partial charge in [-0.2, -0.15) is 11.8 Å². The van der Waals surface area contributed by atoms with Crippen molar-refractivity contribution >= 4 is 11.8 Å². The minimum absolute atomic E-state index is 0.139. The molecule has 0 bridgehead atoms. The van der Waals surface area contributed by atoms with E-state index in [9.17, 15) is 0 Å². The first-order valence-electron chi connectivity index (χ1n) is 5.55. The van der Waals surface area contributed by atoms with Crippen LogP contribution in [-0.2, 0) is 0 Å². The number of hydrogen-bond donors (Lipinski definition) is 2. The van der Waals surface area contributed by atoms with Crippen LogP contribution < -0.4 is 0 Å². The first-order valence-corrected chi connectivity index (χ1v) is 6.71. The molecule has 14 heavy (non-hydrogen) atoms. The minimum Gasteiger partial charge on any atom is -0.394 e. The molecule has 2 nitrogen and oxygen atoms in total. The maximum atomic E-state index is 8.11. The molecule has 0 fully saturated rings. The fourth-order valence-corrected chi connectivity index (χ4v) is 1.78. The van der Waals surface area contributed by atoms with Gasteiger partial charge in [0.15, 0.2) is 0 Å². The number of unbranched alkanes of at least 4 members (excludes halogenated alkanes) is 2. The van der Waals surface area contributed by atoms with Crippen LogP contribution in [0.3, 0.4) is 0 Å². The predicted octanol–water partition coefficient (Wildman–Crippen LogP) is 2.68. The molecule has 0 aromatic heterocycles. The van der Waals surface area contributed by atoms with E-state index in [1.54, 1.807) is 0 Å². The van der Waals surface area contributed by atoms with Crippen LogP contribution in [0.4, 0.5) is 0 Å². The summed E-state index contributed by atoms with van der Waals surface area (Å²) in [5.41, 5.74) is 0. The molecule has 0 radical (unpaired) electrons. The predicted molar refractivity (Wildman–Crippen MR) is 65.9 cm³/mol. The van der Waals surface area contributed by atoms with Crippen LogP contribution in [0.1, 0.15) is 46.5 Å². The Labute approximate surface area is 93.1 Å². The van der Waals surface area contributed by atoms with Gasteiger partial charge in [0.2, 0.25) is 0 Å². The highest BCUT2D eigenvalue weighted by Crippen LogP contribution is 2.06. The maximum absolute atomic E-state index is 8.11. The molecule has 0 amide bonds. The zero-order valence-corrected chi connectivity index (χ0v) is 10.6. The van der Waals surface area contributed by atoms with Crippen molar-refractivity contribution in [2.24, 2.45) is 0 Å². The van der Waals surface area contributed by atoms with Crippen molar-refractivity contribution in [1.29, 1.82) is 0 Å². The first kappa shape index (κ1) is 16.7. The largest absolute Gasteiger partial charge is 0.394 e. The Morgan fingerprint density at radius 1 is 1.07 bits per heavy atom. The fourth-order valence-electron chi connectivity index (χ4n) is 0.595. The third-order valence-corrected chi connectivity index (χ3v) is 2.70. The van der Waals surface area contributed by atoms with Crippen LogP contribution in [0.2, 0.25) is 0 Å². The summed E-state index contributed by atoms with van der Waals surface area (Å²) in [5, 5.41) is 16.0. The lowest BCUT2D eigenvalue weighted by molar-refractivity contribution is 0.110. The molecule has 0 aromatic rings. The van der Waals surface area contributed by atoms with Crippen LogP contribution in [0.15, 0.2) is 0 Å². The molecule has 0 aliphatic carbocycles. The third kappa shape index (κ3) is 22.8. The Bertz CT molecular complexity index is 81.4. The minimum atomic E-state index is -0.560. The zero-order valence-electron chi connectivity index (χ0n) is 9.83. The second-order valence-electron chi connectivity index (χ2n) is 3.35. The monoisotopic (exact) mass is 222 g/mol. The number of rotatable bonds is 7. The summed E-state index contributed by atoms with van der Waals surface area (Å²) >= 11 is 2.10. The summed E-state index contributed by atoms with van der Waals surface area (Å²) in [4.78, 5) is 0. The SMILES string of the molecule is CC(O)CO.CCCCSCCCC. The maximum Gasteiger partial charge on any atom is 0.0742 e. The normalized spacial score (nSPS) is 11.8. The van der Waals surface area contributed by atoms with E-state index in [4.69, 9.17) is 10.2 Å². The summed E-state index contributed by atoms with van der Waals surface area (Å²) in [6.07, 6.45) is 4.93. The van der Waals surface area contributed by atoms with E-state index in [-0.39, 0.29) is 6.61 Å². The molecule has 0 saturated carbocycles. The summed E-state index contributed by atoms with van der Waals surface area (Å²) < 4.78 is 0. The van der Waals surface area contributed by atoms with Crippen molar-refractivity contribution < 1.29 is 10.2 Å². The topological polar surface area (TPSA) is 40.5 Å². The molecule has 88 valence electrons. The molecular weight excluding hydrogens is 196 g/mol. The van der Waals surface area contributed by atoms with Gasteiger partial charge in [-0.3, -0.25) is 0 Å². The zero-order chi connectivity index (χ0) is 11.2. The molecule has 2 N–H and O–H groups in total. The number of aliphatic hydroxyl groups is 2. The third-order valence-electron chi connectivity index (χ3n) is 1.55. The van der Waals surface area contributed by atoms with Crippen LogP contribution in [0.25, 0.3) is 0 Å². The Kier molecular flexibility index (Phi) is 18.8. The second-order valence-corrected chi connectivity index (χ2v) is 4.58. The van der Waals surface area contributed by atoms with E-state index in [0.29, 0.717) is 0 Å². The lowest BCUT2D eigenvalue weighted by Crippen LogP contribution is -2.03. The van der Waals surface area contributed by atoms with Gasteiger partial charge in [-0.05, 0) is 31.3 Å². The summed E-state index contributed by atoms with van der Waals surface area (Å²) in [5.74, 6) is 2.74. The van der Waals surface area contributed by atoms with Gasteiger partial charge in [-0.1, -0.05) is 26.7 Å². The molecule has 0 saturated heterocycles. The standard InChI is InChI=1S/C8H18S.C3H8O2/c1-3-5-7-9-8-6-4-2;1-3(5)2-4/h3-8H2,1-2H3;3-5H,2H2,1H3. The van der Waals surface area contributed by atoms with E-state index in [2.05, 4.69) is 25.6 Å². The van der Waals surface area contributed by atoms with Gasteiger partial charge >= 0.3 is 0 Å². The van der Waals surface area contributed by atoms with Crippen molar-refractivity contribution in [2.75, 3.05) is 18.1 Å². The summed E-state index contributed by atoms with van der Waals surface area (Å²) in [7, 11) is 0. The first-order chi connectivity index (χ1) is 6.68. The quantitative estimate of drug-likeness (QED) is 0.651. The van der Waals surface area contributed by atoms with Crippen molar-refractivity contribution in [3.8, 4) is 0 Å². The van der Waals surface area contributed by atoms with Gasteiger partial charge in [0.1, 0.15) is 0 Å². The van der Waals surface area contributed by atoms with Gasteiger partial charge < -0.3 is 10.2 Å². The number of hydrogen-bond acceptors (Lipinski definition) is 3. The van der Waals surface area contributed by atoms with Crippen molar-refractivity contribution in [3.05, 3.63) is 0 Å². The van der Waals surface area contributed by atoms with Gasteiger partial charge in [0.25, 0.3) is 0 Å². The Hall–Kier alpha value is 0.270. The summed E-state index contributed by atoms with van der Waals surface area (Å²) in [6, 6.07) is 0. The van der Waals surface area contributed by atoms with E-state index in [0.717, 1.165) is 0 Å². The fraction of sp³-hybridized carbons (Fsp3) is 1.00. The van der Waals surface area contributed by atoms with Crippen LogP contribution in [0, 0.1) is 0 Å². The average molecular weight is 222 g/mol. The summed E-state index contributed by atoms with van der Waals surface area (Å²) in [6.45, 7) is 5.89. The molecule has 1 atom stereocenters. The van der Waals surface area contributed by atoms with E-state index < -0.39 is 6.10 Å². The smallest absolute Gasteiger partial charge is 0.0742 e. The molecular formula is C11H26O2S. The molecule has 1 unspecified atom stereocenters. The van der Waals surface area contributed by atoms with E-state index in [1.165, 1.54) is 44.1 Å². The molecule has 0 aliphatic rings. The van der Waals surface area contributed by atoms with Gasteiger partial charge in [0.05, 0.1) is 12.7 Å². The number of aliphatic hydroxyl groups excluding tert-OH is 2. The highest BCUT2D eigenvalue weighted by atomic mass is 32.2. The molecule has 0 rings (SSSR count). The van der Waals surface area contributed by atoms with E-state index in [1.807, 2.05) is 0 Å². The lowest BCUT2D eigenvalue weighted by atomic mass is 10.4. The second kappa shape index (κ2) is 15.7. The van der Waals surface area contributed by atoms with E-state index >= 15 is 0 Å². The lowest BCUT2D eigenvalue weighted by Gasteiger charge is -1.96. The highest BCUT2D eigenvalue weighted by Gasteiger charge is 1.85. The molecule has 0 aliphatic heterocycles. The van der Waals surface area contributed by atoms with Crippen LogP contribution in [0.5, 0.6) is 0 Å². The molecule has 0 spiro atoms. The molecule has 3 heteroatoms. The number of thioether (sulfide) groups is 1. The van der Waals surface area contributed by atoms with Crippen molar-refractivity contribution in [2.45, 2.75) is 52.6 Å². The van der Waals surface area contributed by atoms with Gasteiger partial charge in [-0.15, -0.1) is 0 Å². The van der Waals surface area contributed by atoms with Crippen LogP contribution in [-0.4, -0.2) is 34.4 Å². The molecule has 0 heterocycles. The van der Waals surface area contributed by atoms with Crippen molar-refractivity contribution in [1.82, 2.24) is 0 Å². The Morgan fingerprint density at radius 2 is 1.43 bits per heavy atom. The van der Waals surface area contributed by atoms with Gasteiger partial charge in [0, 0.05) is 0 Å². The average Bonchev–Trinajstić information content (AvgIpc) is 2.19. The molecule has 0 aromatic carbocycles. The van der Waals surface area contributed by atoms with Crippen LogP contribution >= 0.6 is 11.8 Å². The Balaban J connectivity index is 0. The highest BCUT2D eigenvalue weighted by molar-refractivity contribution is 7.99. The van der Waals surface area contributed by atoms with Crippen molar-refractivity contribution in [3.63, 3.8) is 0 Å².